The van der Waals surface area contributed by atoms with Gasteiger partial charge in [0.15, 0.2) is 0 Å². The topological polar surface area (TPSA) is 68.0 Å². The molecule has 5 nitrogen and oxygen atoms in total. The zero-order valence-electron chi connectivity index (χ0n) is 14.0. The molecule has 0 aliphatic carbocycles. The quantitative estimate of drug-likeness (QED) is 0.761. The molecule has 3 aromatic rings. The number of hydrogen-bond donors (Lipinski definition) is 1. The Hall–Kier alpha value is -3.02. The molecule has 0 aliphatic rings. The lowest BCUT2D eigenvalue weighted by Gasteiger charge is -2.11. The van der Waals surface area contributed by atoms with Crippen LogP contribution in [0.15, 0.2) is 53.1 Å². The van der Waals surface area contributed by atoms with Gasteiger partial charge in [0.2, 0.25) is 5.82 Å². The minimum Gasteiger partial charge on any atom is -0.350 e. The van der Waals surface area contributed by atoms with Crippen LogP contribution >= 0.6 is 0 Å². The van der Waals surface area contributed by atoms with Gasteiger partial charge in [-0.3, -0.25) is 4.79 Å². The largest absolute Gasteiger partial charge is 0.350 e. The molecule has 0 bridgehead atoms. The number of nitrogens with zero attached hydrogens (tertiary/aromatic N) is 2. The summed E-state index contributed by atoms with van der Waals surface area (Å²) in [7, 11) is 0. The summed E-state index contributed by atoms with van der Waals surface area (Å²) in [5.74, 6) is 0.0510. The average molecular weight is 339 g/mol. The van der Waals surface area contributed by atoms with Crippen molar-refractivity contribution in [3.05, 3.63) is 59.9 Å². The molecule has 0 spiro atoms. The molecule has 1 heterocycles. The van der Waals surface area contributed by atoms with Gasteiger partial charge in [-0.25, -0.2) is 4.39 Å². The van der Waals surface area contributed by atoms with E-state index in [1.54, 1.807) is 36.4 Å². The smallest absolute Gasteiger partial charge is 0.258 e. The van der Waals surface area contributed by atoms with Gasteiger partial charge < -0.3 is 9.84 Å². The highest BCUT2D eigenvalue weighted by molar-refractivity contribution is 5.95. The molecule has 0 radical (unpaired) electrons. The maximum Gasteiger partial charge on any atom is 0.258 e. The number of halogens is 1. The lowest BCUT2D eigenvalue weighted by atomic mass is 10.1. The second-order valence-corrected chi connectivity index (χ2v) is 5.80. The fourth-order valence-electron chi connectivity index (χ4n) is 2.29. The third-order valence-corrected chi connectivity index (χ3v) is 3.87. The second-order valence-electron chi connectivity index (χ2n) is 5.80. The lowest BCUT2D eigenvalue weighted by Crippen LogP contribution is -2.31. The number of amides is 1. The van der Waals surface area contributed by atoms with E-state index in [1.807, 2.05) is 13.8 Å². The second kappa shape index (κ2) is 7.25. The highest BCUT2D eigenvalue weighted by Crippen LogP contribution is 2.23. The average Bonchev–Trinajstić information content (AvgIpc) is 3.12. The van der Waals surface area contributed by atoms with E-state index in [0.717, 1.165) is 6.42 Å². The number of benzene rings is 2. The molecule has 1 atom stereocenters. The van der Waals surface area contributed by atoms with Crippen molar-refractivity contribution in [1.29, 1.82) is 0 Å². The van der Waals surface area contributed by atoms with E-state index in [2.05, 4.69) is 15.5 Å². The van der Waals surface area contributed by atoms with Gasteiger partial charge >= 0.3 is 0 Å². The molecule has 0 aliphatic heterocycles. The zero-order chi connectivity index (χ0) is 17.8. The first-order chi connectivity index (χ1) is 12.1. The van der Waals surface area contributed by atoms with Gasteiger partial charge in [0.25, 0.3) is 11.8 Å². The zero-order valence-corrected chi connectivity index (χ0v) is 14.0. The molecule has 2 aromatic carbocycles. The van der Waals surface area contributed by atoms with Crippen molar-refractivity contribution in [1.82, 2.24) is 15.5 Å². The Morgan fingerprint density at radius 3 is 2.72 bits per heavy atom. The molecule has 1 aromatic heterocycles. The Balaban J connectivity index is 1.86. The minimum atomic E-state index is -0.368. The first kappa shape index (κ1) is 16.8. The van der Waals surface area contributed by atoms with Crippen LogP contribution in [-0.2, 0) is 0 Å². The van der Waals surface area contributed by atoms with Crippen LogP contribution in [0.4, 0.5) is 4.39 Å². The van der Waals surface area contributed by atoms with Crippen molar-refractivity contribution in [2.45, 2.75) is 26.3 Å². The molecule has 6 heteroatoms. The van der Waals surface area contributed by atoms with E-state index in [9.17, 15) is 9.18 Å². The maximum absolute atomic E-state index is 13.3. The third kappa shape index (κ3) is 3.91. The molecule has 25 heavy (non-hydrogen) atoms. The highest BCUT2D eigenvalue weighted by atomic mass is 19.1. The summed E-state index contributed by atoms with van der Waals surface area (Å²) in [6.45, 7) is 3.96. The predicted molar refractivity (Wildman–Crippen MR) is 92.3 cm³/mol. The van der Waals surface area contributed by atoms with Gasteiger partial charge in [-0.05, 0) is 43.7 Å². The third-order valence-electron chi connectivity index (χ3n) is 3.87. The Labute approximate surface area is 144 Å². The number of nitrogens with one attached hydrogen (secondary N) is 1. The Morgan fingerprint density at radius 1 is 1.20 bits per heavy atom. The van der Waals surface area contributed by atoms with E-state index in [1.165, 1.54) is 12.1 Å². The summed E-state index contributed by atoms with van der Waals surface area (Å²) in [5, 5.41) is 6.80. The van der Waals surface area contributed by atoms with Crippen molar-refractivity contribution in [2.24, 2.45) is 0 Å². The Kier molecular flexibility index (Phi) is 4.88. The van der Waals surface area contributed by atoms with E-state index >= 15 is 0 Å². The highest BCUT2D eigenvalue weighted by Gasteiger charge is 2.14. The van der Waals surface area contributed by atoms with E-state index < -0.39 is 0 Å². The molecular formula is C19H18FN3O2. The summed E-state index contributed by atoms with van der Waals surface area (Å²) < 4.78 is 18.6. The molecule has 0 unspecified atom stereocenters. The summed E-state index contributed by atoms with van der Waals surface area (Å²) >= 11 is 0. The van der Waals surface area contributed by atoms with Crippen molar-refractivity contribution >= 4 is 5.91 Å². The number of aromatic nitrogens is 2. The normalized spacial score (nSPS) is 12.0. The standard InChI is InChI=1S/C19H18FN3O2/c1-3-12(2)21-18(24)14-7-4-8-15(10-14)19-22-17(23-25-19)13-6-5-9-16(20)11-13/h4-12H,3H2,1-2H3,(H,21,24)/t12-/m1/s1. The summed E-state index contributed by atoms with van der Waals surface area (Å²) in [6, 6.07) is 13.0. The molecule has 128 valence electrons. The molecule has 0 saturated carbocycles. The Bertz CT molecular complexity index is 892. The fraction of sp³-hybridized carbons (Fsp3) is 0.211. The van der Waals surface area contributed by atoms with Gasteiger partial charge in [-0.2, -0.15) is 4.98 Å². The summed E-state index contributed by atoms with van der Waals surface area (Å²) in [6.07, 6.45) is 0.853. The van der Waals surface area contributed by atoms with Crippen LogP contribution in [0.2, 0.25) is 0 Å². The van der Waals surface area contributed by atoms with Crippen molar-refractivity contribution < 1.29 is 13.7 Å². The molecule has 0 saturated heterocycles. The van der Waals surface area contributed by atoms with Crippen molar-refractivity contribution in [2.75, 3.05) is 0 Å². The SMILES string of the molecule is CC[C@@H](C)NC(=O)c1cccc(-c2nc(-c3cccc(F)c3)no2)c1. The van der Waals surface area contributed by atoms with Crippen LogP contribution in [0.25, 0.3) is 22.8 Å². The summed E-state index contributed by atoms with van der Waals surface area (Å²) in [4.78, 5) is 16.5. The first-order valence-corrected chi connectivity index (χ1v) is 8.07. The van der Waals surface area contributed by atoms with Gasteiger partial charge in [0.1, 0.15) is 5.82 Å². The van der Waals surface area contributed by atoms with Crippen LogP contribution in [0.5, 0.6) is 0 Å². The van der Waals surface area contributed by atoms with Crippen LogP contribution in [0.1, 0.15) is 30.6 Å². The van der Waals surface area contributed by atoms with E-state index in [-0.39, 0.29) is 23.7 Å². The van der Waals surface area contributed by atoms with Crippen LogP contribution in [0.3, 0.4) is 0 Å². The molecular weight excluding hydrogens is 321 g/mol. The van der Waals surface area contributed by atoms with E-state index in [4.69, 9.17) is 4.52 Å². The van der Waals surface area contributed by atoms with Crippen molar-refractivity contribution in [3.8, 4) is 22.8 Å². The maximum atomic E-state index is 13.3. The first-order valence-electron chi connectivity index (χ1n) is 8.07. The van der Waals surface area contributed by atoms with Gasteiger partial charge in [-0.15, -0.1) is 0 Å². The van der Waals surface area contributed by atoms with Crippen molar-refractivity contribution in [3.63, 3.8) is 0 Å². The summed E-state index contributed by atoms with van der Waals surface area (Å²) in [5.41, 5.74) is 1.68. The predicted octanol–water partition coefficient (Wildman–Crippen LogP) is 4.07. The van der Waals surface area contributed by atoms with Gasteiger partial charge in [0, 0.05) is 22.7 Å². The lowest BCUT2D eigenvalue weighted by molar-refractivity contribution is 0.0939. The Morgan fingerprint density at radius 2 is 1.96 bits per heavy atom. The number of carbonyl (C=O) groups excluding carboxylic acids is 1. The fourth-order valence-corrected chi connectivity index (χ4v) is 2.29. The van der Waals surface area contributed by atoms with Gasteiger partial charge in [-0.1, -0.05) is 30.3 Å². The molecule has 1 N–H and O–H groups in total. The molecule has 0 fully saturated rings. The number of hydrogen-bond acceptors (Lipinski definition) is 4. The van der Waals surface area contributed by atoms with Crippen LogP contribution < -0.4 is 5.32 Å². The number of rotatable bonds is 5. The minimum absolute atomic E-state index is 0.0964. The van der Waals surface area contributed by atoms with E-state index in [0.29, 0.717) is 22.5 Å². The molecule has 3 rings (SSSR count). The van der Waals surface area contributed by atoms with Crippen LogP contribution in [-0.4, -0.2) is 22.1 Å². The van der Waals surface area contributed by atoms with Crippen LogP contribution in [0, 0.1) is 5.82 Å². The monoisotopic (exact) mass is 339 g/mol. The molecule has 1 amide bonds. The van der Waals surface area contributed by atoms with Gasteiger partial charge in [0.05, 0.1) is 0 Å². The number of carbonyl (C=O) groups is 1.